The zero-order chi connectivity index (χ0) is 14.4. The van der Waals surface area contributed by atoms with Crippen molar-refractivity contribution in [3.8, 4) is 5.75 Å². The fourth-order valence-electron chi connectivity index (χ4n) is 2.90. The Morgan fingerprint density at radius 3 is 2.75 bits per heavy atom. The first-order valence-corrected chi connectivity index (χ1v) is 8.74. The minimum Gasteiger partial charge on any atom is -0.496 e. The molecule has 1 fully saturated rings. The Hall–Kier alpha value is -0.670. The molecule has 0 heterocycles. The first-order valence-electron chi connectivity index (χ1n) is 7.69. The van der Waals surface area contributed by atoms with Crippen LogP contribution in [0, 0.1) is 6.92 Å². The predicted molar refractivity (Wildman–Crippen MR) is 88.7 cm³/mol. The highest BCUT2D eigenvalue weighted by Crippen LogP contribution is 2.29. The monoisotopic (exact) mass is 293 g/mol. The molecule has 112 valence electrons. The zero-order valence-electron chi connectivity index (χ0n) is 12.7. The smallest absolute Gasteiger partial charge is 0.122 e. The van der Waals surface area contributed by atoms with Gasteiger partial charge in [0, 0.05) is 17.0 Å². The van der Waals surface area contributed by atoms with Crippen molar-refractivity contribution in [2.24, 2.45) is 5.73 Å². The Kier molecular flexibility index (Phi) is 6.24. The number of benzene rings is 1. The average Bonchev–Trinajstić information content (AvgIpc) is 2.46. The number of thioether (sulfide) groups is 1. The van der Waals surface area contributed by atoms with Crippen LogP contribution in [0.1, 0.15) is 43.2 Å². The van der Waals surface area contributed by atoms with Crippen LogP contribution in [0.4, 0.5) is 0 Å². The molecule has 1 aliphatic carbocycles. The summed E-state index contributed by atoms with van der Waals surface area (Å²) >= 11 is 2.08. The van der Waals surface area contributed by atoms with Gasteiger partial charge in [-0.25, -0.2) is 0 Å². The molecular weight excluding hydrogens is 266 g/mol. The SMILES string of the molecule is COc1ccc(C)cc1CC(N)CSC1CCCCC1. The van der Waals surface area contributed by atoms with E-state index in [1.807, 2.05) is 6.07 Å². The number of nitrogens with two attached hydrogens (primary N) is 1. The third-order valence-electron chi connectivity index (χ3n) is 4.02. The van der Waals surface area contributed by atoms with Crippen LogP contribution in [0.3, 0.4) is 0 Å². The molecule has 0 amide bonds. The van der Waals surface area contributed by atoms with Crippen molar-refractivity contribution in [3.63, 3.8) is 0 Å². The second-order valence-corrected chi connectivity index (χ2v) is 7.21. The van der Waals surface area contributed by atoms with Gasteiger partial charge in [0.1, 0.15) is 5.75 Å². The first-order chi connectivity index (χ1) is 9.69. The number of hydrogen-bond acceptors (Lipinski definition) is 3. The summed E-state index contributed by atoms with van der Waals surface area (Å²) in [7, 11) is 1.73. The molecule has 1 atom stereocenters. The summed E-state index contributed by atoms with van der Waals surface area (Å²) in [4.78, 5) is 0. The summed E-state index contributed by atoms with van der Waals surface area (Å²) < 4.78 is 5.43. The summed E-state index contributed by atoms with van der Waals surface area (Å²) in [5.74, 6) is 2.02. The Bertz CT molecular complexity index is 415. The standard InChI is InChI=1S/C17H27NOS/c1-13-8-9-17(19-2)14(10-13)11-15(18)12-20-16-6-4-3-5-7-16/h8-10,15-16H,3-7,11-12,18H2,1-2H3. The van der Waals surface area contributed by atoms with E-state index in [1.165, 1.54) is 43.2 Å². The normalized spacial score (nSPS) is 17.9. The maximum Gasteiger partial charge on any atom is 0.122 e. The highest BCUT2D eigenvalue weighted by molar-refractivity contribution is 7.99. The van der Waals surface area contributed by atoms with Gasteiger partial charge in [-0.3, -0.25) is 0 Å². The number of hydrogen-bond donors (Lipinski definition) is 1. The lowest BCUT2D eigenvalue weighted by Gasteiger charge is -2.23. The van der Waals surface area contributed by atoms with Gasteiger partial charge >= 0.3 is 0 Å². The van der Waals surface area contributed by atoms with E-state index in [-0.39, 0.29) is 6.04 Å². The molecule has 1 aromatic carbocycles. The van der Waals surface area contributed by atoms with Gasteiger partial charge in [0.05, 0.1) is 7.11 Å². The molecule has 3 heteroatoms. The van der Waals surface area contributed by atoms with Crippen molar-refractivity contribution in [2.45, 2.75) is 56.7 Å². The van der Waals surface area contributed by atoms with Crippen LogP contribution in [0.2, 0.25) is 0 Å². The molecule has 1 aromatic rings. The topological polar surface area (TPSA) is 35.2 Å². The molecule has 2 N–H and O–H groups in total. The van der Waals surface area contributed by atoms with Crippen molar-refractivity contribution in [1.29, 1.82) is 0 Å². The molecule has 0 bridgehead atoms. The van der Waals surface area contributed by atoms with E-state index >= 15 is 0 Å². The van der Waals surface area contributed by atoms with Crippen molar-refractivity contribution < 1.29 is 4.74 Å². The van der Waals surface area contributed by atoms with Gasteiger partial charge in [-0.2, -0.15) is 11.8 Å². The van der Waals surface area contributed by atoms with E-state index in [2.05, 4.69) is 30.8 Å². The minimum absolute atomic E-state index is 0.220. The minimum atomic E-state index is 0.220. The average molecular weight is 293 g/mol. The quantitative estimate of drug-likeness (QED) is 0.863. The third kappa shape index (κ3) is 4.71. The van der Waals surface area contributed by atoms with E-state index in [4.69, 9.17) is 10.5 Å². The molecule has 2 nitrogen and oxygen atoms in total. The number of rotatable bonds is 6. The largest absolute Gasteiger partial charge is 0.496 e. The molecule has 0 radical (unpaired) electrons. The van der Waals surface area contributed by atoms with Crippen LogP contribution in [0.15, 0.2) is 18.2 Å². The fraction of sp³-hybridized carbons (Fsp3) is 0.647. The van der Waals surface area contributed by atoms with Gasteiger partial charge in [-0.15, -0.1) is 0 Å². The van der Waals surface area contributed by atoms with Crippen molar-refractivity contribution in [1.82, 2.24) is 0 Å². The number of aryl methyl sites for hydroxylation is 1. The van der Waals surface area contributed by atoms with Gasteiger partial charge in [-0.05, 0) is 37.8 Å². The van der Waals surface area contributed by atoms with Crippen LogP contribution in [0.25, 0.3) is 0 Å². The van der Waals surface area contributed by atoms with Crippen LogP contribution in [0.5, 0.6) is 5.75 Å². The van der Waals surface area contributed by atoms with E-state index in [1.54, 1.807) is 7.11 Å². The molecular formula is C17H27NOS. The van der Waals surface area contributed by atoms with Crippen LogP contribution in [-0.2, 0) is 6.42 Å². The second kappa shape index (κ2) is 7.94. The zero-order valence-corrected chi connectivity index (χ0v) is 13.5. The molecule has 1 saturated carbocycles. The predicted octanol–water partition coefficient (Wildman–Crippen LogP) is 3.94. The highest BCUT2D eigenvalue weighted by atomic mass is 32.2. The number of ether oxygens (including phenoxy) is 1. The van der Waals surface area contributed by atoms with Crippen LogP contribution in [-0.4, -0.2) is 24.2 Å². The fourth-order valence-corrected chi connectivity index (χ4v) is 4.20. The highest BCUT2D eigenvalue weighted by Gasteiger charge is 2.16. The Labute approximate surface area is 127 Å². The summed E-state index contributed by atoms with van der Waals surface area (Å²) in [5, 5.41) is 0.842. The van der Waals surface area contributed by atoms with E-state index in [0.717, 1.165) is 23.2 Å². The molecule has 20 heavy (non-hydrogen) atoms. The van der Waals surface area contributed by atoms with Gasteiger partial charge in [0.2, 0.25) is 0 Å². The molecule has 2 rings (SSSR count). The van der Waals surface area contributed by atoms with Gasteiger partial charge < -0.3 is 10.5 Å². The summed E-state index contributed by atoms with van der Waals surface area (Å²) in [6.45, 7) is 2.12. The van der Waals surface area contributed by atoms with Gasteiger partial charge in [0.25, 0.3) is 0 Å². The summed E-state index contributed by atoms with van der Waals surface area (Å²) in [5.41, 5.74) is 8.83. The Morgan fingerprint density at radius 1 is 1.30 bits per heavy atom. The Balaban J connectivity index is 1.84. The van der Waals surface area contributed by atoms with E-state index in [9.17, 15) is 0 Å². The van der Waals surface area contributed by atoms with Crippen molar-refractivity contribution in [3.05, 3.63) is 29.3 Å². The van der Waals surface area contributed by atoms with Crippen molar-refractivity contribution >= 4 is 11.8 Å². The van der Waals surface area contributed by atoms with E-state index < -0.39 is 0 Å². The first kappa shape index (κ1) is 15.7. The van der Waals surface area contributed by atoms with Crippen LogP contribution < -0.4 is 10.5 Å². The third-order valence-corrected chi connectivity index (χ3v) is 5.58. The van der Waals surface area contributed by atoms with E-state index in [0.29, 0.717) is 0 Å². The molecule has 0 aromatic heterocycles. The number of methoxy groups -OCH3 is 1. The molecule has 0 spiro atoms. The summed E-state index contributed by atoms with van der Waals surface area (Å²) in [6.07, 6.45) is 7.89. The van der Waals surface area contributed by atoms with Crippen LogP contribution >= 0.6 is 11.8 Å². The lowest BCUT2D eigenvalue weighted by Crippen LogP contribution is -2.27. The lowest BCUT2D eigenvalue weighted by molar-refractivity contribution is 0.408. The molecule has 1 aliphatic rings. The van der Waals surface area contributed by atoms with Gasteiger partial charge in [-0.1, -0.05) is 37.0 Å². The maximum atomic E-state index is 6.32. The maximum absolute atomic E-state index is 6.32. The van der Waals surface area contributed by atoms with Gasteiger partial charge in [0.15, 0.2) is 0 Å². The second-order valence-electron chi connectivity index (χ2n) is 5.87. The molecule has 0 aliphatic heterocycles. The van der Waals surface area contributed by atoms with Crippen molar-refractivity contribution in [2.75, 3.05) is 12.9 Å². The molecule has 1 unspecified atom stereocenters. The Morgan fingerprint density at radius 2 is 2.05 bits per heavy atom. The lowest BCUT2D eigenvalue weighted by atomic mass is 10.0. The summed E-state index contributed by atoms with van der Waals surface area (Å²) in [6, 6.07) is 6.55. The molecule has 0 saturated heterocycles.